The number of hydrogen-bond acceptors (Lipinski definition) is 5. The van der Waals surface area contributed by atoms with E-state index >= 15 is 0 Å². The number of sulfone groups is 1. The Kier molecular flexibility index (Phi) is 6.80. The van der Waals surface area contributed by atoms with Crippen LogP contribution >= 0.6 is 0 Å². The first kappa shape index (κ1) is 17.6. The number of ether oxygens (including phenoxy) is 1. The molecule has 1 amide bonds. The van der Waals surface area contributed by atoms with Crippen LogP contribution in [0.25, 0.3) is 0 Å². The topological polar surface area (TPSA) is 75.7 Å². The first-order valence-electron chi connectivity index (χ1n) is 6.64. The lowest BCUT2D eigenvalue weighted by Crippen LogP contribution is -2.32. The van der Waals surface area contributed by atoms with E-state index in [-0.39, 0.29) is 23.2 Å². The molecule has 0 aliphatic heterocycles. The van der Waals surface area contributed by atoms with Crippen molar-refractivity contribution >= 4 is 15.7 Å². The maximum atomic E-state index is 12.1. The first-order chi connectivity index (χ1) is 9.92. The normalized spacial score (nSPS) is 11.4. The molecule has 0 saturated heterocycles. The highest BCUT2D eigenvalue weighted by atomic mass is 32.2. The highest BCUT2D eigenvalue weighted by molar-refractivity contribution is 7.91. The van der Waals surface area contributed by atoms with Gasteiger partial charge < -0.3 is 15.0 Å². The third kappa shape index (κ3) is 5.11. The predicted molar refractivity (Wildman–Crippen MR) is 81.3 cm³/mol. The minimum atomic E-state index is -3.36. The Morgan fingerprint density at radius 1 is 1.29 bits per heavy atom. The van der Waals surface area contributed by atoms with Gasteiger partial charge in [0.25, 0.3) is 5.91 Å². The smallest absolute Gasteiger partial charge is 0.253 e. The van der Waals surface area contributed by atoms with Crippen LogP contribution in [0.1, 0.15) is 10.4 Å². The lowest BCUT2D eigenvalue weighted by atomic mass is 10.2. The van der Waals surface area contributed by atoms with E-state index in [1.54, 1.807) is 11.9 Å². The van der Waals surface area contributed by atoms with Crippen molar-refractivity contribution in [2.24, 2.45) is 0 Å². The van der Waals surface area contributed by atoms with Gasteiger partial charge in [-0.2, -0.15) is 0 Å². The summed E-state index contributed by atoms with van der Waals surface area (Å²) in [5.74, 6) is -0.204. The molecule has 0 aliphatic carbocycles. The summed E-state index contributed by atoms with van der Waals surface area (Å²) < 4.78 is 28.7. The van der Waals surface area contributed by atoms with Crippen LogP contribution in [0.2, 0.25) is 0 Å². The summed E-state index contributed by atoms with van der Waals surface area (Å²) in [5.41, 5.74) is 0.472. The molecule has 0 unspecified atom stereocenters. The van der Waals surface area contributed by atoms with Gasteiger partial charge in [-0.1, -0.05) is 0 Å². The van der Waals surface area contributed by atoms with E-state index in [4.69, 9.17) is 4.74 Å². The Morgan fingerprint density at radius 3 is 2.43 bits per heavy atom. The van der Waals surface area contributed by atoms with Gasteiger partial charge in [-0.25, -0.2) is 8.42 Å². The molecule has 6 nitrogen and oxygen atoms in total. The zero-order chi connectivity index (χ0) is 15.9. The molecular formula is C14H22N2O4S. The quantitative estimate of drug-likeness (QED) is 0.751. The van der Waals surface area contributed by atoms with E-state index in [0.29, 0.717) is 18.7 Å². The van der Waals surface area contributed by atoms with Crippen molar-refractivity contribution in [2.45, 2.75) is 4.90 Å². The van der Waals surface area contributed by atoms with E-state index in [1.807, 2.05) is 7.05 Å². The van der Waals surface area contributed by atoms with Gasteiger partial charge >= 0.3 is 0 Å². The summed E-state index contributed by atoms with van der Waals surface area (Å²) in [4.78, 5) is 13.9. The number of methoxy groups -OCH3 is 1. The van der Waals surface area contributed by atoms with Crippen molar-refractivity contribution < 1.29 is 17.9 Å². The van der Waals surface area contributed by atoms with Crippen LogP contribution in [0.5, 0.6) is 0 Å². The van der Waals surface area contributed by atoms with Gasteiger partial charge in [-0.05, 0) is 31.3 Å². The highest BCUT2D eigenvalue weighted by Gasteiger charge is 2.16. The average molecular weight is 314 g/mol. The maximum Gasteiger partial charge on any atom is 0.253 e. The van der Waals surface area contributed by atoms with Gasteiger partial charge in [-0.3, -0.25) is 4.79 Å². The molecule has 0 aromatic heterocycles. The molecule has 0 atom stereocenters. The van der Waals surface area contributed by atoms with Gasteiger partial charge in [0, 0.05) is 32.8 Å². The fraction of sp³-hybridized carbons (Fsp3) is 0.500. The molecular weight excluding hydrogens is 292 g/mol. The van der Waals surface area contributed by atoms with Crippen molar-refractivity contribution in [1.29, 1.82) is 0 Å². The summed E-state index contributed by atoms with van der Waals surface area (Å²) in [6, 6.07) is 6.00. The Morgan fingerprint density at radius 2 is 1.90 bits per heavy atom. The molecule has 0 saturated carbocycles. The van der Waals surface area contributed by atoms with Gasteiger partial charge in [0.2, 0.25) is 0 Å². The number of carbonyl (C=O) groups is 1. The first-order valence-corrected chi connectivity index (χ1v) is 8.29. The second-order valence-electron chi connectivity index (χ2n) is 4.67. The monoisotopic (exact) mass is 314 g/mol. The fourth-order valence-electron chi connectivity index (χ4n) is 1.72. The third-order valence-corrected chi connectivity index (χ3v) is 4.76. The number of nitrogens with zero attached hydrogens (tertiary/aromatic N) is 1. The van der Waals surface area contributed by atoms with Gasteiger partial charge in [0.15, 0.2) is 9.84 Å². The molecule has 7 heteroatoms. The standard InChI is InChI=1S/C14H22N2O4S/c1-15-8-9-16(2)14(17)12-4-6-13(7-5-12)21(18,19)11-10-20-3/h4-7,15H,8-11H2,1-3H3. The van der Waals surface area contributed by atoms with Crippen molar-refractivity contribution in [3.8, 4) is 0 Å². The second kappa shape index (κ2) is 8.11. The minimum absolute atomic E-state index is 0.0706. The van der Waals surface area contributed by atoms with Crippen molar-refractivity contribution in [2.75, 3.05) is 46.7 Å². The lowest BCUT2D eigenvalue weighted by Gasteiger charge is -2.17. The zero-order valence-electron chi connectivity index (χ0n) is 12.6. The number of amides is 1. The van der Waals surface area contributed by atoms with Crippen LogP contribution in [-0.4, -0.2) is 65.9 Å². The molecule has 1 rings (SSSR count). The van der Waals surface area contributed by atoms with Gasteiger partial charge in [0.05, 0.1) is 17.3 Å². The molecule has 21 heavy (non-hydrogen) atoms. The molecule has 0 aliphatic rings. The Balaban J connectivity index is 2.80. The van der Waals surface area contributed by atoms with Gasteiger partial charge in [0.1, 0.15) is 0 Å². The van der Waals surface area contributed by atoms with Crippen LogP contribution in [0.3, 0.4) is 0 Å². The molecule has 0 heterocycles. The number of hydrogen-bond donors (Lipinski definition) is 1. The molecule has 1 aromatic carbocycles. The van der Waals surface area contributed by atoms with E-state index in [0.717, 1.165) is 0 Å². The molecule has 1 aromatic rings. The van der Waals surface area contributed by atoms with E-state index < -0.39 is 9.84 Å². The Bertz CT molecular complexity index is 555. The number of benzene rings is 1. The summed E-state index contributed by atoms with van der Waals surface area (Å²) in [5, 5.41) is 2.97. The number of likely N-dealkylation sites (N-methyl/N-ethyl adjacent to an activating group) is 2. The summed E-state index contributed by atoms with van der Waals surface area (Å²) in [7, 11) is 1.63. The van der Waals surface area contributed by atoms with E-state index in [1.165, 1.54) is 31.4 Å². The van der Waals surface area contributed by atoms with E-state index in [9.17, 15) is 13.2 Å². The van der Waals surface area contributed by atoms with E-state index in [2.05, 4.69) is 5.32 Å². The lowest BCUT2D eigenvalue weighted by molar-refractivity contribution is 0.0796. The van der Waals surface area contributed by atoms with Crippen LogP contribution in [0.4, 0.5) is 0 Å². The van der Waals surface area contributed by atoms with Crippen LogP contribution in [-0.2, 0) is 14.6 Å². The van der Waals surface area contributed by atoms with Crippen molar-refractivity contribution in [3.05, 3.63) is 29.8 Å². The SMILES string of the molecule is CNCCN(C)C(=O)c1ccc(S(=O)(=O)CCOC)cc1. The molecule has 0 bridgehead atoms. The molecule has 0 fully saturated rings. The molecule has 1 N–H and O–H groups in total. The maximum absolute atomic E-state index is 12.1. The fourth-order valence-corrected chi connectivity index (χ4v) is 2.89. The summed E-state index contributed by atoms with van der Waals surface area (Å²) in [6.45, 7) is 1.44. The van der Waals surface area contributed by atoms with Gasteiger partial charge in [-0.15, -0.1) is 0 Å². The third-order valence-electron chi connectivity index (χ3n) is 3.06. The van der Waals surface area contributed by atoms with Crippen molar-refractivity contribution in [3.63, 3.8) is 0 Å². The summed E-state index contributed by atoms with van der Waals surface area (Å²) >= 11 is 0. The Labute approximate surface area is 126 Å². The zero-order valence-corrected chi connectivity index (χ0v) is 13.4. The average Bonchev–Trinajstić information content (AvgIpc) is 2.50. The number of carbonyl (C=O) groups excluding carboxylic acids is 1. The highest BCUT2D eigenvalue weighted by Crippen LogP contribution is 2.13. The van der Waals surface area contributed by atoms with Crippen LogP contribution in [0, 0.1) is 0 Å². The molecule has 0 spiro atoms. The number of nitrogens with one attached hydrogen (secondary N) is 1. The van der Waals surface area contributed by atoms with Crippen LogP contribution in [0.15, 0.2) is 29.2 Å². The minimum Gasteiger partial charge on any atom is -0.384 e. The largest absolute Gasteiger partial charge is 0.384 e. The second-order valence-corrected chi connectivity index (χ2v) is 6.78. The summed E-state index contributed by atoms with van der Waals surface area (Å²) in [6.07, 6.45) is 0. The Hall–Kier alpha value is -1.44. The molecule has 0 radical (unpaired) electrons. The predicted octanol–water partition coefficient (Wildman–Crippen LogP) is 0.398. The van der Waals surface area contributed by atoms with Crippen LogP contribution < -0.4 is 5.32 Å². The van der Waals surface area contributed by atoms with Crippen molar-refractivity contribution in [1.82, 2.24) is 10.2 Å². The molecule has 118 valence electrons. The number of rotatable bonds is 8.